The number of fused-ring (bicyclic) bond motifs is 1. The van der Waals surface area contributed by atoms with Gasteiger partial charge in [-0.2, -0.15) is 4.31 Å². The molecule has 1 fully saturated rings. The Morgan fingerprint density at radius 3 is 2.56 bits per heavy atom. The molecule has 1 aliphatic heterocycles. The van der Waals surface area contributed by atoms with E-state index in [1.165, 1.54) is 23.5 Å². The number of pyridine rings is 1. The molecule has 3 aromatic rings. The Kier molecular flexibility index (Phi) is 6.37. The zero-order chi connectivity index (χ0) is 22.9. The minimum absolute atomic E-state index is 0.121. The zero-order valence-electron chi connectivity index (χ0n) is 17.9. The number of aromatic nitrogens is 1. The molecule has 7 nitrogen and oxygen atoms in total. The summed E-state index contributed by atoms with van der Waals surface area (Å²) in [4.78, 5) is 17.7. The van der Waals surface area contributed by atoms with E-state index in [1.807, 2.05) is 0 Å². The number of sulfonamides is 1. The van der Waals surface area contributed by atoms with Gasteiger partial charge < -0.3 is 10.1 Å². The van der Waals surface area contributed by atoms with Crippen LogP contribution in [0, 0.1) is 6.92 Å². The van der Waals surface area contributed by atoms with Crippen molar-refractivity contribution >= 4 is 44.1 Å². The first-order valence-corrected chi connectivity index (χ1v) is 12.2. The monoisotopic (exact) mass is 473 g/mol. The summed E-state index contributed by atoms with van der Waals surface area (Å²) in [6, 6.07) is 11.5. The van der Waals surface area contributed by atoms with Crippen LogP contribution in [0.3, 0.4) is 0 Å². The van der Waals surface area contributed by atoms with E-state index < -0.39 is 15.9 Å². The van der Waals surface area contributed by atoms with Gasteiger partial charge in [0.25, 0.3) is 5.91 Å². The van der Waals surface area contributed by atoms with Crippen LogP contribution in [0.25, 0.3) is 10.9 Å². The van der Waals surface area contributed by atoms with E-state index in [4.69, 9.17) is 16.3 Å². The predicted molar refractivity (Wildman–Crippen MR) is 125 cm³/mol. The fraction of sp³-hybridized carbons (Fsp3) is 0.304. The van der Waals surface area contributed by atoms with Gasteiger partial charge in [-0.3, -0.25) is 9.78 Å². The number of benzene rings is 2. The van der Waals surface area contributed by atoms with Crippen LogP contribution >= 0.6 is 11.6 Å². The van der Waals surface area contributed by atoms with Crippen molar-refractivity contribution in [1.29, 1.82) is 0 Å². The number of carbonyl (C=O) groups excluding carboxylic acids is 1. The lowest BCUT2D eigenvalue weighted by Crippen LogP contribution is -2.35. The summed E-state index contributed by atoms with van der Waals surface area (Å²) in [6.07, 6.45) is 2.72. The molecule has 1 saturated heterocycles. The highest BCUT2D eigenvalue weighted by atomic mass is 35.5. The number of carbonyl (C=O) groups is 1. The molecule has 0 atom stereocenters. The van der Waals surface area contributed by atoms with Crippen molar-refractivity contribution in [2.24, 2.45) is 0 Å². The predicted octanol–water partition coefficient (Wildman–Crippen LogP) is 4.63. The van der Waals surface area contributed by atoms with Gasteiger partial charge >= 0.3 is 0 Å². The Labute approximate surface area is 192 Å². The van der Waals surface area contributed by atoms with Crippen molar-refractivity contribution in [2.45, 2.75) is 31.1 Å². The Morgan fingerprint density at radius 1 is 1.09 bits per heavy atom. The Morgan fingerprint density at radius 2 is 1.84 bits per heavy atom. The van der Waals surface area contributed by atoms with E-state index in [0.29, 0.717) is 35.1 Å². The van der Waals surface area contributed by atoms with Crippen molar-refractivity contribution in [1.82, 2.24) is 9.29 Å². The summed E-state index contributed by atoms with van der Waals surface area (Å²) >= 11 is 6.08. The average molecular weight is 474 g/mol. The fourth-order valence-corrected chi connectivity index (χ4v) is 5.59. The molecule has 2 heterocycles. The molecule has 1 amide bonds. The summed E-state index contributed by atoms with van der Waals surface area (Å²) in [5.41, 5.74) is 1.93. The lowest BCUT2D eigenvalue weighted by molar-refractivity contribution is 0.102. The number of aryl methyl sites for hydroxylation is 1. The number of hydrogen-bond donors (Lipinski definition) is 1. The largest absolute Gasteiger partial charge is 0.495 e. The lowest BCUT2D eigenvalue weighted by Gasteiger charge is -2.26. The Balaban J connectivity index is 1.68. The lowest BCUT2D eigenvalue weighted by atomic mass is 10.1. The third-order valence-corrected chi connectivity index (χ3v) is 7.71. The number of ether oxygens (including phenoxy) is 1. The number of hydrogen-bond acceptors (Lipinski definition) is 5. The zero-order valence-corrected chi connectivity index (χ0v) is 19.5. The van der Waals surface area contributed by atoms with Gasteiger partial charge in [0.05, 0.1) is 34.5 Å². The second-order valence-electron chi connectivity index (χ2n) is 7.74. The summed E-state index contributed by atoms with van der Waals surface area (Å²) < 4.78 is 33.0. The molecule has 2 aromatic carbocycles. The van der Waals surface area contributed by atoms with Gasteiger partial charge in [-0.05, 0) is 62.2 Å². The average Bonchev–Trinajstić information content (AvgIpc) is 2.79. The quantitative estimate of drug-likeness (QED) is 0.583. The maximum atomic E-state index is 13.1. The Hall–Kier alpha value is -2.68. The van der Waals surface area contributed by atoms with Crippen LogP contribution in [0.4, 0.5) is 5.69 Å². The smallest absolute Gasteiger partial charge is 0.257 e. The molecular formula is C23H24ClN3O4S. The van der Waals surface area contributed by atoms with Crippen LogP contribution < -0.4 is 10.1 Å². The van der Waals surface area contributed by atoms with Gasteiger partial charge in [0, 0.05) is 23.5 Å². The minimum atomic E-state index is -3.65. The first kappa shape index (κ1) is 22.5. The van der Waals surface area contributed by atoms with Crippen LogP contribution in [-0.4, -0.2) is 43.8 Å². The van der Waals surface area contributed by atoms with E-state index >= 15 is 0 Å². The van der Waals surface area contributed by atoms with E-state index in [2.05, 4.69) is 10.3 Å². The Bertz CT molecular complexity index is 1290. The van der Waals surface area contributed by atoms with Crippen LogP contribution in [0.1, 0.15) is 35.3 Å². The number of rotatable bonds is 5. The molecule has 32 heavy (non-hydrogen) atoms. The standard InChI is InChI=1S/C23H24ClN3O4S/c1-15-19(13-16-12-17(24)6-8-20(16)25-15)23(28)26-21-14-18(7-9-22(21)31-2)32(29,30)27-10-4-3-5-11-27/h6-9,12-14H,3-5,10-11H2,1-2H3,(H,26,28). The maximum Gasteiger partial charge on any atom is 0.257 e. The second-order valence-corrected chi connectivity index (χ2v) is 10.1. The van der Waals surface area contributed by atoms with Gasteiger partial charge in [-0.1, -0.05) is 18.0 Å². The molecule has 168 valence electrons. The highest BCUT2D eigenvalue weighted by Gasteiger charge is 2.27. The van der Waals surface area contributed by atoms with Crippen molar-refractivity contribution in [2.75, 3.05) is 25.5 Å². The van der Waals surface area contributed by atoms with E-state index in [0.717, 1.165) is 30.2 Å². The molecule has 0 aliphatic carbocycles. The molecule has 9 heteroatoms. The third kappa shape index (κ3) is 4.44. The van der Waals surface area contributed by atoms with Crippen molar-refractivity contribution in [3.63, 3.8) is 0 Å². The van der Waals surface area contributed by atoms with Crippen molar-refractivity contribution in [3.05, 3.63) is 58.7 Å². The third-order valence-electron chi connectivity index (χ3n) is 5.58. The normalized spacial score (nSPS) is 15.0. The van der Waals surface area contributed by atoms with E-state index in [9.17, 15) is 13.2 Å². The molecule has 0 saturated carbocycles. The number of amides is 1. The van der Waals surface area contributed by atoms with E-state index in [-0.39, 0.29) is 10.6 Å². The molecule has 1 N–H and O–H groups in total. The topological polar surface area (TPSA) is 88.6 Å². The molecule has 1 aromatic heterocycles. The number of piperidine rings is 1. The molecule has 4 rings (SSSR count). The molecule has 0 spiro atoms. The van der Waals surface area contributed by atoms with Crippen LogP contribution in [0.5, 0.6) is 5.75 Å². The molecule has 0 bridgehead atoms. The van der Waals surface area contributed by atoms with Crippen LogP contribution in [-0.2, 0) is 10.0 Å². The number of methoxy groups -OCH3 is 1. The van der Waals surface area contributed by atoms with Gasteiger partial charge in [0.2, 0.25) is 10.0 Å². The van der Waals surface area contributed by atoms with Crippen LogP contribution in [0.15, 0.2) is 47.4 Å². The highest BCUT2D eigenvalue weighted by molar-refractivity contribution is 7.89. The van der Waals surface area contributed by atoms with Gasteiger partial charge in [0.15, 0.2) is 0 Å². The van der Waals surface area contributed by atoms with Crippen LogP contribution in [0.2, 0.25) is 5.02 Å². The first-order valence-electron chi connectivity index (χ1n) is 10.4. The number of nitrogens with one attached hydrogen (secondary N) is 1. The number of anilines is 1. The molecule has 0 radical (unpaired) electrons. The summed E-state index contributed by atoms with van der Waals surface area (Å²) in [6.45, 7) is 2.75. The van der Waals surface area contributed by atoms with Gasteiger partial charge in [0.1, 0.15) is 5.75 Å². The van der Waals surface area contributed by atoms with Crippen molar-refractivity contribution < 1.29 is 17.9 Å². The number of nitrogens with zero attached hydrogens (tertiary/aromatic N) is 2. The van der Waals surface area contributed by atoms with E-state index in [1.54, 1.807) is 37.3 Å². The fourth-order valence-electron chi connectivity index (χ4n) is 3.86. The molecule has 0 unspecified atom stereocenters. The first-order chi connectivity index (χ1) is 15.3. The minimum Gasteiger partial charge on any atom is -0.495 e. The number of halogens is 1. The summed E-state index contributed by atoms with van der Waals surface area (Å²) in [5.74, 6) is -0.0481. The van der Waals surface area contributed by atoms with Gasteiger partial charge in [-0.25, -0.2) is 8.42 Å². The van der Waals surface area contributed by atoms with Gasteiger partial charge in [-0.15, -0.1) is 0 Å². The maximum absolute atomic E-state index is 13.1. The highest BCUT2D eigenvalue weighted by Crippen LogP contribution is 2.31. The molecular weight excluding hydrogens is 450 g/mol. The molecule has 1 aliphatic rings. The SMILES string of the molecule is COc1ccc(S(=O)(=O)N2CCCCC2)cc1NC(=O)c1cc2cc(Cl)ccc2nc1C. The van der Waals surface area contributed by atoms with Crippen molar-refractivity contribution in [3.8, 4) is 5.75 Å². The summed E-state index contributed by atoms with van der Waals surface area (Å²) in [7, 11) is -2.19. The summed E-state index contributed by atoms with van der Waals surface area (Å²) in [5, 5.41) is 4.08. The second kappa shape index (κ2) is 9.05.